The van der Waals surface area contributed by atoms with Crippen LogP contribution in [0, 0.1) is 0 Å². The Morgan fingerprint density at radius 3 is 2.47 bits per heavy atom. The lowest BCUT2D eigenvalue weighted by molar-refractivity contribution is 0.615. The number of aromatic amines is 1. The van der Waals surface area contributed by atoms with E-state index in [1.54, 1.807) is 0 Å². The summed E-state index contributed by atoms with van der Waals surface area (Å²) in [6.07, 6.45) is 0. The maximum atomic E-state index is 8.99. The largest absolute Gasteiger partial charge is 0.449 e. The molecule has 0 fully saturated rings. The Morgan fingerprint density at radius 2 is 1.76 bits per heavy atom. The molecule has 0 aliphatic carbocycles. The van der Waals surface area contributed by atoms with Gasteiger partial charge in [0.2, 0.25) is 0 Å². The standard InChI is InChI=1S/C13H11BN2O/c17-14-10-7-5-9(6-8-10)13-15-11-3-1-2-4-12(11)16-13/h1-8,14,17H,(H,15,16). The van der Waals surface area contributed by atoms with Gasteiger partial charge in [0.15, 0.2) is 0 Å². The second-order valence-electron chi connectivity index (χ2n) is 3.96. The van der Waals surface area contributed by atoms with Crippen molar-refractivity contribution in [2.24, 2.45) is 0 Å². The van der Waals surface area contributed by atoms with Crippen molar-refractivity contribution in [3.8, 4) is 11.4 Å². The second kappa shape index (κ2) is 4.07. The highest BCUT2D eigenvalue weighted by molar-refractivity contribution is 6.45. The van der Waals surface area contributed by atoms with Gasteiger partial charge in [-0.15, -0.1) is 0 Å². The van der Waals surface area contributed by atoms with E-state index in [1.165, 1.54) is 0 Å². The Labute approximate surface area is 99.4 Å². The van der Waals surface area contributed by atoms with Crippen molar-refractivity contribution in [1.29, 1.82) is 0 Å². The molecule has 82 valence electrons. The van der Waals surface area contributed by atoms with Crippen molar-refractivity contribution in [2.45, 2.75) is 0 Å². The minimum Gasteiger partial charge on any atom is -0.449 e. The normalized spacial score (nSPS) is 10.6. The summed E-state index contributed by atoms with van der Waals surface area (Å²) in [6, 6.07) is 15.7. The number of aromatic nitrogens is 2. The minimum absolute atomic E-state index is 0.0699. The molecule has 1 aromatic heterocycles. The molecule has 1 heterocycles. The molecule has 3 nitrogen and oxygen atoms in total. The van der Waals surface area contributed by atoms with Crippen LogP contribution in [0.25, 0.3) is 22.4 Å². The average molecular weight is 222 g/mol. The van der Waals surface area contributed by atoms with Crippen molar-refractivity contribution in [2.75, 3.05) is 0 Å². The molecule has 2 N–H and O–H groups in total. The van der Waals surface area contributed by atoms with Gasteiger partial charge in [0.1, 0.15) is 5.82 Å². The Kier molecular flexibility index (Phi) is 2.42. The Hall–Kier alpha value is -2.07. The molecule has 3 rings (SSSR count). The third-order valence-electron chi connectivity index (χ3n) is 2.80. The number of nitrogens with zero attached hydrogens (tertiary/aromatic N) is 1. The van der Waals surface area contributed by atoms with Gasteiger partial charge in [-0.25, -0.2) is 4.98 Å². The van der Waals surface area contributed by atoms with E-state index in [1.807, 2.05) is 48.5 Å². The molecular weight excluding hydrogens is 211 g/mol. The zero-order valence-corrected chi connectivity index (χ0v) is 9.22. The van der Waals surface area contributed by atoms with Crippen molar-refractivity contribution >= 4 is 24.0 Å². The van der Waals surface area contributed by atoms with Gasteiger partial charge in [-0.1, -0.05) is 41.9 Å². The fourth-order valence-corrected chi connectivity index (χ4v) is 1.86. The van der Waals surface area contributed by atoms with E-state index < -0.39 is 0 Å². The third-order valence-corrected chi connectivity index (χ3v) is 2.80. The van der Waals surface area contributed by atoms with E-state index in [-0.39, 0.29) is 7.48 Å². The Balaban J connectivity index is 2.07. The van der Waals surface area contributed by atoms with E-state index in [2.05, 4.69) is 9.97 Å². The van der Waals surface area contributed by atoms with Crippen LogP contribution in [0.3, 0.4) is 0 Å². The van der Waals surface area contributed by atoms with Crippen LogP contribution in [0.4, 0.5) is 0 Å². The van der Waals surface area contributed by atoms with Gasteiger partial charge in [0.05, 0.1) is 11.0 Å². The number of para-hydroxylation sites is 2. The van der Waals surface area contributed by atoms with Crippen LogP contribution < -0.4 is 5.46 Å². The third kappa shape index (κ3) is 1.83. The number of benzene rings is 2. The SMILES string of the molecule is OBc1ccc(-c2nc3ccccc3[nH]2)cc1. The van der Waals surface area contributed by atoms with E-state index in [9.17, 15) is 0 Å². The van der Waals surface area contributed by atoms with Crippen molar-refractivity contribution in [3.63, 3.8) is 0 Å². The number of rotatable bonds is 2. The summed E-state index contributed by atoms with van der Waals surface area (Å²) in [4.78, 5) is 7.80. The van der Waals surface area contributed by atoms with Crippen molar-refractivity contribution in [3.05, 3.63) is 48.5 Å². The first-order valence-corrected chi connectivity index (χ1v) is 5.52. The summed E-state index contributed by atoms with van der Waals surface area (Å²) in [5.41, 5.74) is 3.94. The number of fused-ring (bicyclic) bond motifs is 1. The highest BCUT2D eigenvalue weighted by Gasteiger charge is 2.04. The molecule has 0 unspecified atom stereocenters. The van der Waals surface area contributed by atoms with Crippen LogP contribution in [-0.4, -0.2) is 22.5 Å². The van der Waals surface area contributed by atoms with Gasteiger partial charge in [-0.2, -0.15) is 0 Å². The average Bonchev–Trinajstić information content (AvgIpc) is 2.82. The first kappa shape index (κ1) is 10.1. The van der Waals surface area contributed by atoms with Gasteiger partial charge in [-0.05, 0) is 12.1 Å². The molecule has 0 radical (unpaired) electrons. The molecule has 0 amide bonds. The second-order valence-corrected chi connectivity index (χ2v) is 3.96. The molecule has 17 heavy (non-hydrogen) atoms. The quantitative estimate of drug-likeness (QED) is 0.640. The first-order chi connectivity index (χ1) is 8.36. The molecule has 4 heteroatoms. The van der Waals surface area contributed by atoms with Crippen molar-refractivity contribution < 1.29 is 5.02 Å². The summed E-state index contributed by atoms with van der Waals surface area (Å²) in [5.74, 6) is 0.857. The number of imidazole rings is 1. The predicted molar refractivity (Wildman–Crippen MR) is 70.5 cm³/mol. The zero-order chi connectivity index (χ0) is 11.7. The number of nitrogens with one attached hydrogen (secondary N) is 1. The number of H-pyrrole nitrogens is 1. The zero-order valence-electron chi connectivity index (χ0n) is 9.22. The molecule has 0 saturated carbocycles. The first-order valence-electron chi connectivity index (χ1n) is 5.52. The highest BCUT2D eigenvalue weighted by Crippen LogP contribution is 2.19. The lowest BCUT2D eigenvalue weighted by Crippen LogP contribution is -2.11. The van der Waals surface area contributed by atoms with Gasteiger partial charge < -0.3 is 10.0 Å². The van der Waals surface area contributed by atoms with E-state index >= 15 is 0 Å². The molecule has 0 spiro atoms. The smallest absolute Gasteiger partial charge is 0.304 e. The molecular formula is C13H11BN2O. The van der Waals surface area contributed by atoms with E-state index in [0.29, 0.717) is 0 Å². The summed E-state index contributed by atoms with van der Waals surface area (Å²) in [5, 5.41) is 8.99. The van der Waals surface area contributed by atoms with Crippen molar-refractivity contribution in [1.82, 2.24) is 9.97 Å². The van der Waals surface area contributed by atoms with Gasteiger partial charge in [0, 0.05) is 5.56 Å². The van der Waals surface area contributed by atoms with E-state index in [0.717, 1.165) is 27.9 Å². The predicted octanol–water partition coefficient (Wildman–Crippen LogP) is 1.20. The minimum atomic E-state index is 0.0699. The molecule has 0 aliphatic rings. The van der Waals surface area contributed by atoms with Crippen LogP contribution in [-0.2, 0) is 0 Å². The van der Waals surface area contributed by atoms with Crippen LogP contribution in [0.15, 0.2) is 48.5 Å². The summed E-state index contributed by atoms with van der Waals surface area (Å²) in [6.45, 7) is 0. The Bertz CT molecular complexity index is 613. The van der Waals surface area contributed by atoms with Gasteiger partial charge >= 0.3 is 7.48 Å². The topological polar surface area (TPSA) is 48.9 Å². The molecule has 0 bridgehead atoms. The van der Waals surface area contributed by atoms with Gasteiger partial charge in [-0.3, -0.25) is 0 Å². The highest BCUT2D eigenvalue weighted by atomic mass is 16.2. The Morgan fingerprint density at radius 1 is 1.00 bits per heavy atom. The lowest BCUT2D eigenvalue weighted by atomic mass is 9.88. The summed E-state index contributed by atoms with van der Waals surface area (Å²) < 4.78 is 0. The molecule has 2 aromatic carbocycles. The molecule has 0 aliphatic heterocycles. The molecule has 0 saturated heterocycles. The van der Waals surface area contributed by atoms with Crippen LogP contribution in [0.2, 0.25) is 0 Å². The maximum absolute atomic E-state index is 8.99. The van der Waals surface area contributed by atoms with Crippen LogP contribution in [0.1, 0.15) is 0 Å². The fourth-order valence-electron chi connectivity index (χ4n) is 1.86. The maximum Gasteiger partial charge on any atom is 0.304 e. The van der Waals surface area contributed by atoms with Gasteiger partial charge in [0.25, 0.3) is 0 Å². The molecule has 3 aromatic rings. The summed E-state index contributed by atoms with van der Waals surface area (Å²) in [7, 11) is 0.0699. The monoisotopic (exact) mass is 222 g/mol. The van der Waals surface area contributed by atoms with E-state index in [4.69, 9.17) is 5.02 Å². The number of hydrogen-bond donors (Lipinski definition) is 2. The number of hydrogen-bond acceptors (Lipinski definition) is 2. The molecule has 0 atom stereocenters. The van der Waals surface area contributed by atoms with Crippen LogP contribution >= 0.6 is 0 Å². The van der Waals surface area contributed by atoms with Crippen LogP contribution in [0.5, 0.6) is 0 Å². The lowest BCUT2D eigenvalue weighted by Gasteiger charge is -1.97. The fraction of sp³-hybridized carbons (Fsp3) is 0. The summed E-state index contributed by atoms with van der Waals surface area (Å²) >= 11 is 0.